The molecule has 0 aromatic carbocycles. The normalized spacial score (nSPS) is 47.6. The third-order valence-electron chi connectivity index (χ3n) is 8.03. The van der Waals surface area contributed by atoms with E-state index in [2.05, 4.69) is 19.9 Å². The van der Waals surface area contributed by atoms with E-state index in [1.54, 1.807) is 5.57 Å². The SMILES string of the molecule is C[C@]12CC[C@H]3[C@@H](CC=C4C[C@@H](O)CC[C@@]43C)[C@@H]1CC[C@@H]2O.O=S(=O)(O)O. The van der Waals surface area contributed by atoms with Gasteiger partial charge in [0.2, 0.25) is 0 Å². The van der Waals surface area contributed by atoms with Crippen molar-refractivity contribution in [1.29, 1.82) is 0 Å². The molecule has 0 aromatic heterocycles. The Hall–Kier alpha value is -0.470. The molecule has 7 atom stereocenters. The molecule has 150 valence electrons. The Morgan fingerprint density at radius 3 is 2.31 bits per heavy atom. The van der Waals surface area contributed by atoms with E-state index in [-0.39, 0.29) is 17.6 Å². The van der Waals surface area contributed by atoms with Gasteiger partial charge in [-0.15, -0.1) is 0 Å². The maximum Gasteiger partial charge on any atom is 0.394 e. The summed E-state index contributed by atoms with van der Waals surface area (Å²) in [6.07, 6.45) is 11.2. The Morgan fingerprint density at radius 1 is 1.00 bits per heavy atom. The summed E-state index contributed by atoms with van der Waals surface area (Å²) in [5.41, 5.74) is 2.05. The van der Waals surface area contributed by atoms with Crippen LogP contribution in [0.4, 0.5) is 0 Å². The minimum atomic E-state index is -4.67. The molecule has 26 heavy (non-hydrogen) atoms. The third kappa shape index (κ3) is 3.61. The molecule has 7 heteroatoms. The maximum absolute atomic E-state index is 10.5. The number of fused-ring (bicyclic) bond motifs is 5. The van der Waals surface area contributed by atoms with Crippen LogP contribution in [0.25, 0.3) is 0 Å². The van der Waals surface area contributed by atoms with Crippen LogP contribution in [0.1, 0.15) is 65.2 Å². The lowest BCUT2D eigenvalue weighted by molar-refractivity contribution is -0.0711. The summed E-state index contributed by atoms with van der Waals surface area (Å²) in [5, 5.41) is 20.5. The van der Waals surface area contributed by atoms with Crippen molar-refractivity contribution in [2.24, 2.45) is 28.6 Å². The number of hydrogen-bond donors (Lipinski definition) is 4. The Labute approximate surface area is 156 Å². The number of aliphatic hydroxyl groups excluding tert-OH is 2. The van der Waals surface area contributed by atoms with Gasteiger partial charge in [0.25, 0.3) is 0 Å². The van der Waals surface area contributed by atoms with Crippen LogP contribution in [-0.4, -0.2) is 39.9 Å². The van der Waals surface area contributed by atoms with Gasteiger partial charge in [-0.3, -0.25) is 9.11 Å². The van der Waals surface area contributed by atoms with E-state index in [1.807, 2.05) is 0 Å². The molecule has 4 aliphatic rings. The van der Waals surface area contributed by atoms with Crippen molar-refractivity contribution in [2.45, 2.75) is 77.4 Å². The van der Waals surface area contributed by atoms with Crippen LogP contribution in [0.3, 0.4) is 0 Å². The van der Waals surface area contributed by atoms with Gasteiger partial charge in [0, 0.05) is 0 Å². The van der Waals surface area contributed by atoms with Crippen LogP contribution >= 0.6 is 0 Å². The van der Waals surface area contributed by atoms with E-state index in [9.17, 15) is 10.2 Å². The number of aliphatic hydroxyl groups is 2. The molecule has 3 fully saturated rings. The van der Waals surface area contributed by atoms with Gasteiger partial charge in [-0.25, -0.2) is 0 Å². The average molecular weight is 389 g/mol. The fourth-order valence-corrected chi connectivity index (χ4v) is 6.61. The third-order valence-corrected chi connectivity index (χ3v) is 8.03. The highest BCUT2D eigenvalue weighted by atomic mass is 32.3. The Morgan fingerprint density at radius 2 is 1.65 bits per heavy atom. The monoisotopic (exact) mass is 388 g/mol. The second kappa shape index (κ2) is 6.85. The van der Waals surface area contributed by atoms with E-state index in [0.29, 0.717) is 11.3 Å². The maximum atomic E-state index is 10.5. The quantitative estimate of drug-likeness (QED) is 0.374. The van der Waals surface area contributed by atoms with Crippen molar-refractivity contribution >= 4 is 10.4 Å². The summed E-state index contributed by atoms with van der Waals surface area (Å²) in [4.78, 5) is 0. The van der Waals surface area contributed by atoms with Gasteiger partial charge in [-0.2, -0.15) is 8.42 Å². The second-order valence-electron chi connectivity index (χ2n) is 9.24. The highest BCUT2D eigenvalue weighted by Crippen LogP contribution is 2.64. The molecule has 0 unspecified atom stereocenters. The Kier molecular flexibility index (Phi) is 5.34. The topological polar surface area (TPSA) is 115 Å². The fourth-order valence-electron chi connectivity index (χ4n) is 6.61. The van der Waals surface area contributed by atoms with Gasteiger partial charge in [-0.1, -0.05) is 25.5 Å². The predicted molar refractivity (Wildman–Crippen MR) is 97.9 cm³/mol. The zero-order valence-corrected chi connectivity index (χ0v) is 16.5. The van der Waals surface area contributed by atoms with Crippen LogP contribution in [0.15, 0.2) is 11.6 Å². The molecule has 0 amide bonds. The van der Waals surface area contributed by atoms with Crippen LogP contribution in [0.2, 0.25) is 0 Å². The van der Waals surface area contributed by atoms with Gasteiger partial charge < -0.3 is 10.2 Å². The summed E-state index contributed by atoms with van der Waals surface area (Å²) < 4.78 is 31.6. The largest absolute Gasteiger partial charge is 0.394 e. The molecule has 4 rings (SSSR count). The van der Waals surface area contributed by atoms with Crippen molar-refractivity contribution < 1.29 is 27.7 Å². The van der Waals surface area contributed by atoms with E-state index in [0.717, 1.165) is 37.5 Å². The summed E-state index contributed by atoms with van der Waals surface area (Å²) in [6.45, 7) is 4.81. The summed E-state index contributed by atoms with van der Waals surface area (Å²) in [6, 6.07) is 0. The van der Waals surface area contributed by atoms with Crippen molar-refractivity contribution in [3.05, 3.63) is 11.6 Å². The van der Waals surface area contributed by atoms with Crippen molar-refractivity contribution in [3.63, 3.8) is 0 Å². The Balaban J connectivity index is 0.000000349. The second-order valence-corrected chi connectivity index (χ2v) is 10.1. The van der Waals surface area contributed by atoms with Crippen LogP contribution in [-0.2, 0) is 10.4 Å². The van der Waals surface area contributed by atoms with Gasteiger partial charge in [0.1, 0.15) is 0 Å². The highest BCUT2D eigenvalue weighted by molar-refractivity contribution is 7.79. The molecule has 3 saturated carbocycles. The number of rotatable bonds is 0. The molecule has 4 N–H and O–H groups in total. The first-order valence-corrected chi connectivity index (χ1v) is 11.1. The minimum Gasteiger partial charge on any atom is -0.393 e. The fraction of sp³-hybridized carbons (Fsp3) is 0.895. The molecule has 0 aromatic rings. The lowest BCUT2D eigenvalue weighted by Crippen LogP contribution is -2.51. The lowest BCUT2D eigenvalue weighted by Gasteiger charge is -2.57. The molecule has 0 saturated heterocycles. The van der Waals surface area contributed by atoms with E-state index < -0.39 is 10.4 Å². The van der Waals surface area contributed by atoms with Gasteiger partial charge >= 0.3 is 10.4 Å². The molecule has 0 spiro atoms. The molecular weight excluding hydrogens is 356 g/mol. The molecule has 6 nitrogen and oxygen atoms in total. The first-order valence-electron chi connectivity index (χ1n) is 9.70. The van der Waals surface area contributed by atoms with Gasteiger partial charge in [-0.05, 0) is 80.0 Å². The van der Waals surface area contributed by atoms with Crippen LogP contribution in [0.5, 0.6) is 0 Å². The predicted octanol–water partition coefficient (Wildman–Crippen LogP) is 3.02. The van der Waals surface area contributed by atoms with Crippen molar-refractivity contribution in [1.82, 2.24) is 0 Å². The molecule has 0 aliphatic heterocycles. The van der Waals surface area contributed by atoms with E-state index >= 15 is 0 Å². The van der Waals surface area contributed by atoms with Gasteiger partial charge in [0.15, 0.2) is 0 Å². The minimum absolute atomic E-state index is 0.0742. The van der Waals surface area contributed by atoms with E-state index in [1.165, 1.54) is 25.7 Å². The first kappa shape index (κ1) is 20.3. The van der Waals surface area contributed by atoms with Crippen LogP contribution < -0.4 is 0 Å². The molecule has 0 radical (unpaired) electrons. The summed E-state index contributed by atoms with van der Waals surface area (Å²) >= 11 is 0. The van der Waals surface area contributed by atoms with Crippen LogP contribution in [0, 0.1) is 28.6 Å². The molecule has 4 aliphatic carbocycles. The lowest BCUT2D eigenvalue weighted by atomic mass is 9.48. The molecule has 0 heterocycles. The average Bonchev–Trinajstić information content (AvgIpc) is 2.82. The standard InChI is InChI=1S/C19H30O2.H2O4S/c1-18-9-7-13(20)11-12(18)3-4-14-15-5-6-17(21)19(15,2)10-8-16(14)18;1-5(2,3)4/h3,13-17,20-21H,4-11H2,1-2H3;(H2,1,2,3,4)/t13-,14-,15-,16-,17-,18-,19-;/m0./s1. The molecule has 0 bridgehead atoms. The zero-order valence-electron chi connectivity index (χ0n) is 15.6. The number of hydrogen-bond acceptors (Lipinski definition) is 4. The van der Waals surface area contributed by atoms with E-state index in [4.69, 9.17) is 17.5 Å². The first-order chi connectivity index (χ1) is 11.9. The van der Waals surface area contributed by atoms with Crippen molar-refractivity contribution in [2.75, 3.05) is 0 Å². The smallest absolute Gasteiger partial charge is 0.393 e. The number of allylic oxidation sites excluding steroid dienone is 1. The summed E-state index contributed by atoms with van der Waals surface area (Å²) in [7, 11) is -4.67. The molecular formula is C19H32O6S. The Bertz CT molecular complexity index is 666. The highest BCUT2D eigenvalue weighted by Gasteiger charge is 2.58. The zero-order chi connectivity index (χ0) is 19.3. The van der Waals surface area contributed by atoms with Crippen molar-refractivity contribution in [3.8, 4) is 0 Å². The summed E-state index contributed by atoms with van der Waals surface area (Å²) in [5.74, 6) is 2.27. The van der Waals surface area contributed by atoms with Gasteiger partial charge in [0.05, 0.1) is 12.2 Å².